The molecular weight excluding hydrogens is 436 g/mol. The monoisotopic (exact) mass is 466 g/mol. The van der Waals surface area contributed by atoms with Gasteiger partial charge in [-0.3, -0.25) is 9.36 Å². The highest BCUT2D eigenvalue weighted by atomic mass is 32.2. The van der Waals surface area contributed by atoms with Gasteiger partial charge < -0.3 is 14.0 Å². The number of methoxy groups -OCH3 is 1. The Kier molecular flexibility index (Phi) is 6.29. The van der Waals surface area contributed by atoms with E-state index in [1.54, 1.807) is 7.11 Å². The molecule has 2 aromatic heterocycles. The molecule has 7 nitrogen and oxygen atoms in total. The van der Waals surface area contributed by atoms with Crippen molar-refractivity contribution in [3.05, 3.63) is 47.3 Å². The lowest BCUT2D eigenvalue weighted by atomic mass is 10.2. The fraction of sp³-hybridized carbons (Fsp3) is 0.480. The molecule has 0 radical (unpaired) electrons. The van der Waals surface area contributed by atoms with Crippen LogP contribution >= 0.6 is 11.8 Å². The number of rotatable bonds is 9. The third-order valence-corrected chi connectivity index (χ3v) is 7.47. The van der Waals surface area contributed by atoms with Crippen LogP contribution in [0, 0.1) is 13.8 Å². The Hall–Kier alpha value is -2.58. The maximum absolute atomic E-state index is 13.1. The van der Waals surface area contributed by atoms with Gasteiger partial charge in [-0.25, -0.2) is 0 Å². The summed E-state index contributed by atoms with van der Waals surface area (Å²) >= 11 is 1.45. The molecule has 1 saturated carbocycles. The fourth-order valence-corrected chi connectivity index (χ4v) is 5.50. The Morgan fingerprint density at radius 1 is 1.18 bits per heavy atom. The van der Waals surface area contributed by atoms with E-state index in [1.165, 1.54) is 30.3 Å². The highest BCUT2D eigenvalue weighted by molar-refractivity contribution is 7.99. The molecule has 2 fully saturated rings. The van der Waals surface area contributed by atoms with Crippen LogP contribution in [-0.2, 0) is 11.3 Å². The van der Waals surface area contributed by atoms with Crippen LogP contribution in [0.3, 0.4) is 0 Å². The molecule has 1 aliphatic heterocycles. The number of ketones is 1. The zero-order valence-corrected chi connectivity index (χ0v) is 20.2. The Morgan fingerprint density at radius 2 is 1.97 bits per heavy atom. The minimum Gasteiger partial charge on any atom is -0.497 e. The summed E-state index contributed by atoms with van der Waals surface area (Å²) < 4.78 is 15.6. The zero-order chi connectivity index (χ0) is 22.9. The molecule has 1 saturated heterocycles. The molecule has 1 aromatic carbocycles. The van der Waals surface area contributed by atoms with Gasteiger partial charge in [0.2, 0.25) is 0 Å². The minimum absolute atomic E-state index is 0.137. The predicted molar refractivity (Wildman–Crippen MR) is 128 cm³/mol. The van der Waals surface area contributed by atoms with Crippen molar-refractivity contribution in [3.8, 4) is 17.1 Å². The number of thioether (sulfide) groups is 1. The normalized spacial score (nSPS) is 18.1. The number of benzene rings is 1. The van der Waals surface area contributed by atoms with Crippen LogP contribution in [0.5, 0.6) is 5.75 Å². The minimum atomic E-state index is 0.137. The summed E-state index contributed by atoms with van der Waals surface area (Å²) in [5, 5.41) is 9.69. The van der Waals surface area contributed by atoms with Gasteiger partial charge in [0.05, 0.1) is 25.5 Å². The van der Waals surface area contributed by atoms with Crippen molar-refractivity contribution in [2.24, 2.45) is 0 Å². The second-order valence-corrected chi connectivity index (χ2v) is 9.82. The third-order valence-electron chi connectivity index (χ3n) is 6.50. The van der Waals surface area contributed by atoms with Crippen LogP contribution in [0.15, 0.2) is 35.5 Å². The summed E-state index contributed by atoms with van der Waals surface area (Å²) in [4.78, 5) is 13.1. The number of nitrogens with zero attached hydrogens (tertiary/aromatic N) is 4. The van der Waals surface area contributed by atoms with Crippen molar-refractivity contribution in [3.63, 3.8) is 0 Å². The van der Waals surface area contributed by atoms with E-state index in [-0.39, 0.29) is 11.9 Å². The Morgan fingerprint density at radius 3 is 2.64 bits per heavy atom. The van der Waals surface area contributed by atoms with Crippen LogP contribution in [0.25, 0.3) is 11.4 Å². The number of hydrogen-bond acceptors (Lipinski definition) is 6. The van der Waals surface area contributed by atoms with Crippen molar-refractivity contribution in [1.29, 1.82) is 0 Å². The van der Waals surface area contributed by atoms with Gasteiger partial charge in [-0.05, 0) is 69.9 Å². The standard InChI is InChI=1S/C25H30N4O3S/c1-16-13-22(17(2)29(16)19-8-9-19)23(30)15-33-25-27-26-24(18-6-10-20(31-3)11-7-18)28(25)14-21-5-4-12-32-21/h6-7,10-11,13,19,21H,4-5,8-9,12,14-15H2,1-3H3/t21-/m1/s1. The van der Waals surface area contributed by atoms with E-state index in [9.17, 15) is 4.79 Å². The fourth-order valence-electron chi connectivity index (χ4n) is 4.67. The first kappa shape index (κ1) is 22.2. The Bertz CT molecular complexity index is 1140. The maximum Gasteiger partial charge on any atom is 0.192 e. The van der Waals surface area contributed by atoms with Crippen LogP contribution in [-0.4, -0.2) is 50.7 Å². The first-order chi connectivity index (χ1) is 16.0. The summed E-state index contributed by atoms with van der Waals surface area (Å²) in [7, 11) is 1.66. The van der Waals surface area contributed by atoms with E-state index >= 15 is 0 Å². The van der Waals surface area contributed by atoms with Crippen molar-refractivity contribution >= 4 is 17.5 Å². The van der Waals surface area contributed by atoms with Gasteiger partial charge in [0, 0.05) is 35.2 Å². The number of carbonyl (C=O) groups excluding carboxylic acids is 1. The average molecular weight is 467 g/mol. The molecule has 3 aromatic rings. The molecule has 1 atom stereocenters. The summed E-state index contributed by atoms with van der Waals surface area (Å²) in [6.07, 6.45) is 4.66. The highest BCUT2D eigenvalue weighted by Gasteiger charge is 2.29. The largest absolute Gasteiger partial charge is 0.497 e. The Balaban J connectivity index is 1.37. The summed E-state index contributed by atoms with van der Waals surface area (Å²) in [5.41, 5.74) is 4.05. The first-order valence-electron chi connectivity index (χ1n) is 11.6. The van der Waals surface area contributed by atoms with E-state index in [4.69, 9.17) is 9.47 Å². The van der Waals surface area contributed by atoms with Gasteiger partial charge in [0.1, 0.15) is 5.75 Å². The summed E-state index contributed by atoms with van der Waals surface area (Å²) in [6.45, 7) is 5.63. The third kappa shape index (κ3) is 4.59. The molecule has 3 heterocycles. The number of carbonyl (C=O) groups is 1. The molecule has 0 amide bonds. The van der Waals surface area contributed by atoms with E-state index < -0.39 is 0 Å². The maximum atomic E-state index is 13.1. The van der Waals surface area contributed by atoms with Gasteiger partial charge in [-0.15, -0.1) is 10.2 Å². The molecule has 0 bridgehead atoms. The van der Waals surface area contributed by atoms with Gasteiger partial charge in [0.25, 0.3) is 0 Å². The second kappa shape index (κ2) is 9.35. The van der Waals surface area contributed by atoms with E-state index in [2.05, 4.69) is 33.2 Å². The number of hydrogen-bond donors (Lipinski definition) is 0. The molecule has 0 unspecified atom stereocenters. The van der Waals surface area contributed by atoms with E-state index in [0.29, 0.717) is 18.3 Å². The lowest BCUT2D eigenvalue weighted by Crippen LogP contribution is -2.17. The first-order valence-corrected chi connectivity index (χ1v) is 12.6. The molecule has 0 spiro atoms. The molecule has 174 valence electrons. The van der Waals surface area contributed by atoms with Gasteiger partial charge in [0.15, 0.2) is 16.8 Å². The molecule has 2 aliphatic rings. The predicted octanol–water partition coefficient (Wildman–Crippen LogP) is 4.86. The van der Waals surface area contributed by atoms with Gasteiger partial charge in [-0.1, -0.05) is 11.8 Å². The molecule has 33 heavy (non-hydrogen) atoms. The quantitative estimate of drug-likeness (QED) is 0.331. The summed E-state index contributed by atoms with van der Waals surface area (Å²) in [5.74, 6) is 2.06. The smallest absolute Gasteiger partial charge is 0.192 e. The van der Waals surface area contributed by atoms with E-state index in [1.807, 2.05) is 30.3 Å². The van der Waals surface area contributed by atoms with E-state index in [0.717, 1.165) is 53.0 Å². The topological polar surface area (TPSA) is 71.2 Å². The molecule has 1 aliphatic carbocycles. The molecule has 5 rings (SSSR count). The van der Waals surface area contributed by atoms with Crippen molar-refractivity contribution in [2.75, 3.05) is 19.5 Å². The number of Topliss-reactive ketones (excluding diaryl/α,β-unsaturated/α-hetero) is 1. The average Bonchev–Trinajstić information content (AvgIpc) is 3.23. The number of aromatic nitrogens is 4. The van der Waals surface area contributed by atoms with Crippen LogP contribution < -0.4 is 4.74 Å². The highest BCUT2D eigenvalue weighted by Crippen LogP contribution is 2.38. The molecule has 8 heteroatoms. The lowest BCUT2D eigenvalue weighted by Gasteiger charge is -2.15. The van der Waals surface area contributed by atoms with Crippen molar-refractivity contribution in [1.82, 2.24) is 19.3 Å². The van der Waals surface area contributed by atoms with Gasteiger partial charge >= 0.3 is 0 Å². The summed E-state index contributed by atoms with van der Waals surface area (Å²) in [6, 6.07) is 10.4. The van der Waals surface area contributed by atoms with Crippen LogP contribution in [0.4, 0.5) is 0 Å². The van der Waals surface area contributed by atoms with Crippen LogP contribution in [0.1, 0.15) is 53.5 Å². The van der Waals surface area contributed by atoms with Crippen molar-refractivity contribution < 1.29 is 14.3 Å². The second-order valence-electron chi connectivity index (χ2n) is 8.88. The number of aryl methyl sites for hydroxylation is 1. The number of ether oxygens (including phenoxy) is 2. The molecule has 0 N–H and O–H groups in total. The van der Waals surface area contributed by atoms with Gasteiger partial charge in [-0.2, -0.15) is 0 Å². The van der Waals surface area contributed by atoms with Crippen molar-refractivity contribution in [2.45, 2.75) is 63.4 Å². The SMILES string of the molecule is COc1ccc(-c2nnc(SCC(=O)c3cc(C)n(C4CC4)c3C)n2C[C@H]2CCCO2)cc1. The Labute approximate surface area is 198 Å². The lowest BCUT2D eigenvalue weighted by molar-refractivity contribution is 0.0953. The zero-order valence-electron chi connectivity index (χ0n) is 19.4. The molecular formula is C25H30N4O3S. The van der Waals surface area contributed by atoms with Crippen LogP contribution in [0.2, 0.25) is 0 Å².